The van der Waals surface area contributed by atoms with Crippen molar-refractivity contribution >= 4 is 17.8 Å². The van der Waals surface area contributed by atoms with Gasteiger partial charge in [-0.15, -0.1) is 0 Å². The largest absolute Gasteiger partial charge is 0.331 e. The van der Waals surface area contributed by atoms with E-state index in [1.54, 1.807) is 35.7 Å². The van der Waals surface area contributed by atoms with Crippen molar-refractivity contribution in [3.8, 4) is 0 Å². The van der Waals surface area contributed by atoms with Crippen LogP contribution in [0.2, 0.25) is 0 Å². The zero-order valence-electron chi connectivity index (χ0n) is 7.63. The lowest BCUT2D eigenvalue weighted by molar-refractivity contribution is 0.184. The minimum atomic E-state index is 0.0686. The molecule has 0 radical (unpaired) electrons. The summed E-state index contributed by atoms with van der Waals surface area (Å²) in [4.78, 5) is 14.5. The Morgan fingerprint density at radius 1 is 1.36 bits per heavy atom. The van der Waals surface area contributed by atoms with Crippen LogP contribution in [0, 0.1) is 0 Å². The molecule has 66 valence electrons. The predicted molar refractivity (Wildman–Crippen MR) is 50.1 cm³/mol. The van der Waals surface area contributed by atoms with Crippen molar-refractivity contribution in [2.45, 2.75) is 0 Å². The highest BCUT2D eigenvalue weighted by Gasteiger charge is 2.08. The van der Waals surface area contributed by atoms with Crippen LogP contribution in [-0.2, 0) is 0 Å². The molecule has 0 aliphatic rings. The first-order valence-corrected chi connectivity index (χ1v) is 4.90. The molecule has 0 N–H and O–H groups in total. The Hall–Kier alpha value is -0.380. The molecule has 0 aromatic carbocycles. The summed E-state index contributed by atoms with van der Waals surface area (Å²) in [7, 11) is 5.34. The second kappa shape index (κ2) is 5.29. The van der Waals surface area contributed by atoms with Crippen molar-refractivity contribution in [1.29, 1.82) is 0 Å². The van der Waals surface area contributed by atoms with E-state index in [9.17, 15) is 4.79 Å². The zero-order chi connectivity index (χ0) is 8.85. The maximum absolute atomic E-state index is 11.2. The average molecular weight is 176 g/mol. The van der Waals surface area contributed by atoms with Crippen LogP contribution < -0.4 is 0 Å². The highest BCUT2D eigenvalue weighted by molar-refractivity contribution is 7.98. The molecule has 0 aliphatic carbocycles. The summed E-state index contributed by atoms with van der Waals surface area (Å²) in [6, 6.07) is 0.0686. The Bertz CT molecular complexity index is 128. The van der Waals surface area contributed by atoms with Crippen LogP contribution in [0.1, 0.15) is 0 Å². The second-order valence-electron chi connectivity index (χ2n) is 2.59. The van der Waals surface area contributed by atoms with Crippen molar-refractivity contribution in [2.24, 2.45) is 0 Å². The summed E-state index contributed by atoms with van der Waals surface area (Å²) < 4.78 is 0. The van der Waals surface area contributed by atoms with Gasteiger partial charge in [-0.2, -0.15) is 11.8 Å². The molecule has 4 heteroatoms. The molecule has 3 nitrogen and oxygen atoms in total. The smallest absolute Gasteiger partial charge is 0.319 e. The van der Waals surface area contributed by atoms with Gasteiger partial charge in [-0.3, -0.25) is 0 Å². The normalized spacial score (nSPS) is 9.45. The van der Waals surface area contributed by atoms with Gasteiger partial charge in [0.15, 0.2) is 0 Å². The first-order valence-electron chi connectivity index (χ1n) is 3.51. The molecule has 0 saturated carbocycles. The first kappa shape index (κ1) is 10.6. The summed E-state index contributed by atoms with van der Waals surface area (Å²) in [6.45, 7) is 0.818. The lowest BCUT2D eigenvalue weighted by atomic mass is 10.6. The van der Waals surface area contributed by atoms with Gasteiger partial charge in [0.05, 0.1) is 0 Å². The quantitative estimate of drug-likeness (QED) is 0.639. The maximum Gasteiger partial charge on any atom is 0.319 e. The lowest BCUT2D eigenvalue weighted by Crippen LogP contribution is -2.37. The van der Waals surface area contributed by atoms with E-state index < -0.39 is 0 Å². The van der Waals surface area contributed by atoms with Crippen molar-refractivity contribution in [3.63, 3.8) is 0 Å². The number of carbonyl (C=O) groups excluding carboxylic acids is 1. The van der Waals surface area contributed by atoms with Gasteiger partial charge in [0, 0.05) is 33.4 Å². The van der Waals surface area contributed by atoms with E-state index in [0.717, 1.165) is 12.3 Å². The summed E-state index contributed by atoms with van der Waals surface area (Å²) in [5, 5.41) is 0. The van der Waals surface area contributed by atoms with E-state index >= 15 is 0 Å². The lowest BCUT2D eigenvalue weighted by Gasteiger charge is -2.20. The molecular weight excluding hydrogens is 160 g/mol. The van der Waals surface area contributed by atoms with Crippen LogP contribution in [0.5, 0.6) is 0 Å². The highest BCUT2D eigenvalue weighted by atomic mass is 32.2. The molecular formula is C7H16N2OS. The van der Waals surface area contributed by atoms with E-state index in [2.05, 4.69) is 0 Å². The van der Waals surface area contributed by atoms with Crippen LogP contribution in [0.25, 0.3) is 0 Å². The highest BCUT2D eigenvalue weighted by Crippen LogP contribution is 1.95. The number of urea groups is 1. The fraction of sp³-hybridized carbons (Fsp3) is 0.857. The van der Waals surface area contributed by atoms with Crippen LogP contribution in [0.3, 0.4) is 0 Å². The van der Waals surface area contributed by atoms with Crippen LogP contribution >= 0.6 is 11.8 Å². The average Bonchev–Trinajstić information content (AvgIpc) is 1.98. The minimum absolute atomic E-state index is 0.0686. The second-order valence-corrected chi connectivity index (χ2v) is 3.58. The number of hydrogen-bond donors (Lipinski definition) is 0. The third-order valence-electron chi connectivity index (χ3n) is 1.34. The Morgan fingerprint density at radius 3 is 2.27 bits per heavy atom. The molecule has 0 rings (SSSR count). The minimum Gasteiger partial charge on any atom is -0.331 e. The number of thioether (sulfide) groups is 1. The van der Waals surface area contributed by atoms with E-state index in [0.29, 0.717) is 0 Å². The summed E-state index contributed by atoms with van der Waals surface area (Å²) in [6.07, 6.45) is 2.04. The summed E-state index contributed by atoms with van der Waals surface area (Å²) in [5.74, 6) is 0.996. The molecule has 11 heavy (non-hydrogen) atoms. The van der Waals surface area contributed by atoms with E-state index in [1.807, 2.05) is 13.3 Å². The van der Waals surface area contributed by atoms with Crippen LogP contribution in [0.15, 0.2) is 0 Å². The van der Waals surface area contributed by atoms with Crippen molar-refractivity contribution in [2.75, 3.05) is 39.7 Å². The number of amides is 2. The third-order valence-corrected chi connectivity index (χ3v) is 1.93. The Balaban J connectivity index is 3.64. The SMILES string of the molecule is CSCCN(C)C(=O)N(C)C. The van der Waals surface area contributed by atoms with Gasteiger partial charge in [-0.25, -0.2) is 4.79 Å². The van der Waals surface area contributed by atoms with E-state index in [-0.39, 0.29) is 6.03 Å². The monoisotopic (exact) mass is 176 g/mol. The van der Waals surface area contributed by atoms with Gasteiger partial charge in [-0.05, 0) is 6.26 Å². The molecule has 0 heterocycles. The third kappa shape index (κ3) is 4.14. The van der Waals surface area contributed by atoms with Gasteiger partial charge in [-0.1, -0.05) is 0 Å². The number of hydrogen-bond acceptors (Lipinski definition) is 2. The van der Waals surface area contributed by atoms with Gasteiger partial charge in [0.2, 0.25) is 0 Å². The van der Waals surface area contributed by atoms with Gasteiger partial charge in [0.1, 0.15) is 0 Å². The number of nitrogens with zero attached hydrogens (tertiary/aromatic N) is 2. The van der Waals surface area contributed by atoms with Crippen molar-refractivity contribution in [1.82, 2.24) is 9.80 Å². The molecule has 0 aromatic heterocycles. The summed E-state index contributed by atoms with van der Waals surface area (Å²) >= 11 is 1.75. The molecule has 0 bridgehead atoms. The molecule has 0 atom stereocenters. The molecule has 2 amide bonds. The zero-order valence-corrected chi connectivity index (χ0v) is 8.44. The Kier molecular flexibility index (Phi) is 5.11. The molecule has 0 unspecified atom stereocenters. The molecule has 0 aliphatic heterocycles. The summed E-state index contributed by atoms with van der Waals surface area (Å²) in [5.41, 5.74) is 0. The predicted octanol–water partition coefficient (Wildman–Crippen LogP) is 0.963. The van der Waals surface area contributed by atoms with Gasteiger partial charge in [0.25, 0.3) is 0 Å². The fourth-order valence-electron chi connectivity index (χ4n) is 0.665. The van der Waals surface area contributed by atoms with E-state index in [4.69, 9.17) is 0 Å². The molecule has 0 fully saturated rings. The van der Waals surface area contributed by atoms with Crippen molar-refractivity contribution < 1.29 is 4.79 Å². The molecule has 0 saturated heterocycles. The van der Waals surface area contributed by atoms with Crippen molar-refractivity contribution in [3.05, 3.63) is 0 Å². The topological polar surface area (TPSA) is 23.6 Å². The fourth-order valence-corrected chi connectivity index (χ4v) is 1.12. The Labute approximate surface area is 72.7 Å². The van der Waals surface area contributed by atoms with E-state index in [1.165, 1.54) is 0 Å². The van der Waals surface area contributed by atoms with Crippen LogP contribution in [-0.4, -0.2) is 55.5 Å². The number of carbonyl (C=O) groups is 1. The molecule has 0 spiro atoms. The standard InChI is InChI=1S/C7H16N2OS/c1-8(2)7(10)9(3)5-6-11-4/h5-6H2,1-4H3. The Morgan fingerprint density at radius 2 is 1.91 bits per heavy atom. The van der Waals surface area contributed by atoms with Gasteiger partial charge >= 0.3 is 6.03 Å². The van der Waals surface area contributed by atoms with Crippen LogP contribution in [0.4, 0.5) is 4.79 Å². The number of rotatable bonds is 3. The van der Waals surface area contributed by atoms with Gasteiger partial charge < -0.3 is 9.80 Å². The molecule has 0 aromatic rings. The maximum atomic E-state index is 11.2. The first-order chi connectivity index (χ1) is 5.09.